The van der Waals surface area contributed by atoms with Gasteiger partial charge < -0.3 is 0 Å². The molecule has 3 nitrogen and oxygen atoms in total. The summed E-state index contributed by atoms with van der Waals surface area (Å²) in [6.07, 6.45) is 0. The van der Waals surface area contributed by atoms with Gasteiger partial charge in [0.15, 0.2) is 0 Å². The van der Waals surface area contributed by atoms with E-state index in [4.69, 9.17) is 9.78 Å². The Balaban J connectivity index is 2.77. The first-order chi connectivity index (χ1) is 7.29. The van der Waals surface area contributed by atoms with Crippen LogP contribution in [0.2, 0.25) is 0 Å². The van der Waals surface area contributed by atoms with Crippen LogP contribution < -0.4 is 0 Å². The Hall–Kier alpha value is -1.35. The van der Waals surface area contributed by atoms with Crippen molar-refractivity contribution in [3.8, 4) is 0 Å². The molecule has 0 unspecified atom stereocenters. The number of carbonyl (C=O) groups is 1. The van der Waals surface area contributed by atoms with E-state index in [2.05, 4.69) is 0 Å². The van der Waals surface area contributed by atoms with Crippen molar-refractivity contribution < 1.29 is 14.6 Å². The molecule has 0 bridgehead atoms. The molecular formula is C13H18O3. The van der Waals surface area contributed by atoms with Crippen LogP contribution in [0.4, 0.5) is 0 Å². The Kier molecular flexibility index (Phi) is 3.70. The first-order valence-electron chi connectivity index (χ1n) is 5.27. The van der Waals surface area contributed by atoms with Crippen molar-refractivity contribution in [3.05, 3.63) is 34.9 Å². The van der Waals surface area contributed by atoms with Gasteiger partial charge in [-0.1, -0.05) is 17.7 Å². The summed E-state index contributed by atoms with van der Waals surface area (Å²) in [5.74, 6) is -0.448. The third-order valence-electron chi connectivity index (χ3n) is 1.98. The number of benzene rings is 1. The van der Waals surface area contributed by atoms with Crippen LogP contribution in [0.1, 0.15) is 42.3 Å². The lowest BCUT2D eigenvalue weighted by molar-refractivity contribution is -0.301. The van der Waals surface area contributed by atoms with Crippen LogP contribution in [0.15, 0.2) is 18.2 Å². The summed E-state index contributed by atoms with van der Waals surface area (Å²) in [5.41, 5.74) is 1.96. The van der Waals surface area contributed by atoms with Crippen LogP contribution in [0, 0.1) is 13.8 Å². The average Bonchev–Trinajstić information content (AvgIpc) is 2.17. The third-order valence-corrected chi connectivity index (χ3v) is 1.98. The first-order valence-corrected chi connectivity index (χ1v) is 5.27. The number of aryl methyl sites for hydroxylation is 2. The largest absolute Gasteiger partial charge is 0.373 e. The zero-order chi connectivity index (χ0) is 12.3. The lowest BCUT2D eigenvalue weighted by Gasteiger charge is -2.17. The summed E-state index contributed by atoms with van der Waals surface area (Å²) >= 11 is 0. The van der Waals surface area contributed by atoms with Gasteiger partial charge in [-0.3, -0.25) is 4.89 Å². The van der Waals surface area contributed by atoms with Crippen LogP contribution in [0.25, 0.3) is 0 Å². The molecule has 0 atom stereocenters. The fourth-order valence-electron chi connectivity index (χ4n) is 1.16. The smallest absolute Gasteiger partial charge is 0.292 e. The van der Waals surface area contributed by atoms with Crippen LogP contribution in [0.5, 0.6) is 0 Å². The van der Waals surface area contributed by atoms with Crippen molar-refractivity contribution in [1.82, 2.24) is 0 Å². The molecule has 0 saturated carbocycles. The summed E-state index contributed by atoms with van der Waals surface area (Å²) < 4.78 is 0. The van der Waals surface area contributed by atoms with E-state index >= 15 is 0 Å². The fourth-order valence-corrected chi connectivity index (χ4v) is 1.16. The van der Waals surface area contributed by atoms with Gasteiger partial charge in [-0.2, -0.15) is 4.89 Å². The van der Waals surface area contributed by atoms with Gasteiger partial charge in [0.2, 0.25) is 0 Å². The third kappa shape index (κ3) is 3.66. The topological polar surface area (TPSA) is 35.5 Å². The summed E-state index contributed by atoms with van der Waals surface area (Å²) in [5, 5.41) is 0. The maximum Gasteiger partial charge on any atom is 0.373 e. The Bertz CT molecular complexity index is 389. The molecule has 0 aromatic heterocycles. The molecule has 0 radical (unpaired) electrons. The van der Waals surface area contributed by atoms with Gasteiger partial charge in [0.1, 0.15) is 5.60 Å². The van der Waals surface area contributed by atoms with Gasteiger partial charge in [0.05, 0.1) is 5.56 Å². The molecule has 0 spiro atoms. The van der Waals surface area contributed by atoms with E-state index < -0.39 is 11.6 Å². The summed E-state index contributed by atoms with van der Waals surface area (Å²) in [6.45, 7) is 9.27. The summed E-state index contributed by atoms with van der Waals surface area (Å²) in [6, 6.07) is 5.64. The summed E-state index contributed by atoms with van der Waals surface area (Å²) in [4.78, 5) is 21.5. The Morgan fingerprint density at radius 2 is 1.81 bits per heavy atom. The van der Waals surface area contributed by atoms with Gasteiger partial charge >= 0.3 is 5.97 Å². The highest BCUT2D eigenvalue weighted by atomic mass is 17.2. The molecule has 88 valence electrons. The zero-order valence-electron chi connectivity index (χ0n) is 10.5. The van der Waals surface area contributed by atoms with E-state index in [0.29, 0.717) is 5.56 Å². The highest BCUT2D eigenvalue weighted by Crippen LogP contribution is 2.14. The van der Waals surface area contributed by atoms with Gasteiger partial charge in [0, 0.05) is 0 Å². The minimum absolute atomic E-state index is 0.448. The molecule has 0 amide bonds. The maximum absolute atomic E-state index is 11.7. The molecule has 0 saturated heterocycles. The number of hydrogen-bond acceptors (Lipinski definition) is 3. The molecule has 0 aliphatic rings. The molecule has 3 heteroatoms. The molecular weight excluding hydrogens is 204 g/mol. The van der Waals surface area contributed by atoms with Crippen molar-refractivity contribution in [3.63, 3.8) is 0 Å². The molecule has 1 aromatic carbocycles. The van der Waals surface area contributed by atoms with Crippen molar-refractivity contribution >= 4 is 5.97 Å². The second-order valence-electron chi connectivity index (χ2n) is 4.88. The van der Waals surface area contributed by atoms with E-state index in [1.807, 2.05) is 46.8 Å². The maximum atomic E-state index is 11.7. The van der Waals surface area contributed by atoms with E-state index in [9.17, 15) is 4.79 Å². The second kappa shape index (κ2) is 4.66. The van der Waals surface area contributed by atoms with Crippen molar-refractivity contribution in [2.75, 3.05) is 0 Å². The SMILES string of the molecule is Cc1ccc(C)c(C(=O)OOC(C)(C)C)c1. The molecule has 0 aliphatic heterocycles. The Labute approximate surface area is 96.3 Å². The molecule has 0 heterocycles. The minimum atomic E-state index is -0.493. The predicted molar refractivity (Wildman–Crippen MR) is 62.2 cm³/mol. The zero-order valence-corrected chi connectivity index (χ0v) is 10.5. The number of carbonyl (C=O) groups excluding carboxylic acids is 1. The Morgan fingerprint density at radius 1 is 1.19 bits per heavy atom. The van der Waals surface area contributed by atoms with Crippen molar-refractivity contribution in [2.45, 2.75) is 40.2 Å². The quantitative estimate of drug-likeness (QED) is 0.569. The highest BCUT2D eigenvalue weighted by molar-refractivity contribution is 5.90. The monoisotopic (exact) mass is 222 g/mol. The summed E-state index contributed by atoms with van der Waals surface area (Å²) in [7, 11) is 0. The van der Waals surface area contributed by atoms with Crippen LogP contribution in [-0.2, 0) is 9.78 Å². The molecule has 1 aromatic rings. The molecule has 0 N–H and O–H groups in total. The second-order valence-corrected chi connectivity index (χ2v) is 4.88. The van der Waals surface area contributed by atoms with Gasteiger partial charge in [-0.15, -0.1) is 0 Å². The fraction of sp³-hybridized carbons (Fsp3) is 0.462. The van der Waals surface area contributed by atoms with Crippen LogP contribution >= 0.6 is 0 Å². The number of rotatable bonds is 2. The molecule has 0 aliphatic carbocycles. The molecule has 1 rings (SSSR count). The van der Waals surface area contributed by atoms with Crippen molar-refractivity contribution in [1.29, 1.82) is 0 Å². The first kappa shape index (κ1) is 12.7. The molecule has 0 fully saturated rings. The predicted octanol–water partition coefficient (Wildman–Crippen LogP) is 3.19. The van der Waals surface area contributed by atoms with Gasteiger partial charge in [-0.25, -0.2) is 4.79 Å². The van der Waals surface area contributed by atoms with Gasteiger partial charge in [0.25, 0.3) is 0 Å². The van der Waals surface area contributed by atoms with E-state index in [-0.39, 0.29) is 0 Å². The van der Waals surface area contributed by atoms with Crippen molar-refractivity contribution in [2.24, 2.45) is 0 Å². The van der Waals surface area contributed by atoms with Crippen LogP contribution in [-0.4, -0.2) is 11.6 Å². The minimum Gasteiger partial charge on any atom is -0.292 e. The standard InChI is InChI=1S/C13H18O3/c1-9-6-7-10(2)11(8-9)12(14)15-16-13(3,4)5/h6-8H,1-5H3. The Morgan fingerprint density at radius 3 is 2.38 bits per heavy atom. The normalized spacial score (nSPS) is 11.3. The van der Waals surface area contributed by atoms with Crippen LogP contribution in [0.3, 0.4) is 0 Å². The lowest BCUT2D eigenvalue weighted by atomic mass is 10.1. The number of hydrogen-bond donors (Lipinski definition) is 0. The average molecular weight is 222 g/mol. The van der Waals surface area contributed by atoms with E-state index in [0.717, 1.165) is 11.1 Å². The van der Waals surface area contributed by atoms with Gasteiger partial charge in [-0.05, 0) is 46.2 Å². The molecule has 16 heavy (non-hydrogen) atoms. The van der Waals surface area contributed by atoms with E-state index in [1.54, 1.807) is 6.07 Å². The van der Waals surface area contributed by atoms with E-state index in [1.165, 1.54) is 0 Å². The lowest BCUT2D eigenvalue weighted by Crippen LogP contribution is -2.22. The highest BCUT2D eigenvalue weighted by Gasteiger charge is 2.17.